The molecule has 2 heterocycles. The minimum Gasteiger partial charge on any atom is -0.325 e. The fraction of sp³-hybridized carbons (Fsp3) is 0.250. The van der Waals surface area contributed by atoms with Gasteiger partial charge in [-0.15, -0.1) is 24.8 Å². The Balaban J connectivity index is 0.00000144. The summed E-state index contributed by atoms with van der Waals surface area (Å²) in [4.78, 5) is 14.7. The molecule has 1 amide bonds. The van der Waals surface area contributed by atoms with Gasteiger partial charge in [0.15, 0.2) is 0 Å². The minimum atomic E-state index is -0.168. The van der Waals surface area contributed by atoms with Crippen LogP contribution < -0.4 is 5.32 Å². The molecule has 1 atom stereocenters. The van der Waals surface area contributed by atoms with E-state index in [4.69, 9.17) is 0 Å². The third-order valence-corrected chi connectivity index (χ3v) is 4.90. The molecular formula is C16H19Cl2N3OS2. The fourth-order valence-electron chi connectivity index (χ4n) is 2.35. The number of rotatable bonds is 5. The maximum atomic E-state index is 12.7. The predicted octanol–water partition coefficient (Wildman–Crippen LogP) is 4.49. The smallest absolute Gasteiger partial charge is 0.233 e. The Labute approximate surface area is 161 Å². The van der Waals surface area contributed by atoms with Gasteiger partial charge in [0.25, 0.3) is 0 Å². The van der Waals surface area contributed by atoms with Crippen molar-refractivity contribution in [1.29, 1.82) is 0 Å². The number of likely N-dealkylation sites (N-methyl/N-ethyl adjacent to an activating group) is 1. The van der Waals surface area contributed by atoms with E-state index in [2.05, 4.69) is 9.69 Å². The van der Waals surface area contributed by atoms with Crippen LogP contribution in [0.4, 0.5) is 5.69 Å². The predicted molar refractivity (Wildman–Crippen MR) is 108 cm³/mol. The van der Waals surface area contributed by atoms with Crippen LogP contribution in [0.25, 0.3) is 10.1 Å². The molecule has 0 saturated heterocycles. The van der Waals surface area contributed by atoms with E-state index in [1.165, 1.54) is 11.5 Å². The molecule has 1 unspecified atom stereocenters. The van der Waals surface area contributed by atoms with Gasteiger partial charge < -0.3 is 10.2 Å². The molecular weight excluding hydrogens is 385 g/mol. The summed E-state index contributed by atoms with van der Waals surface area (Å²) in [7, 11) is 3.96. The summed E-state index contributed by atoms with van der Waals surface area (Å²) in [5.41, 5.74) is 1.89. The van der Waals surface area contributed by atoms with Crippen molar-refractivity contribution in [3.63, 3.8) is 0 Å². The number of benzene rings is 1. The van der Waals surface area contributed by atoms with Crippen molar-refractivity contribution < 1.29 is 4.79 Å². The molecule has 24 heavy (non-hydrogen) atoms. The van der Waals surface area contributed by atoms with E-state index < -0.39 is 0 Å². The third-order valence-electron chi connectivity index (χ3n) is 3.43. The number of anilines is 1. The van der Waals surface area contributed by atoms with E-state index in [1.807, 2.05) is 60.2 Å². The summed E-state index contributed by atoms with van der Waals surface area (Å²) in [6.07, 6.45) is 1.84. The maximum Gasteiger partial charge on any atom is 0.233 e. The monoisotopic (exact) mass is 403 g/mol. The summed E-state index contributed by atoms with van der Waals surface area (Å²) < 4.78 is 5.24. The first-order valence-corrected chi connectivity index (χ1v) is 8.67. The van der Waals surface area contributed by atoms with Crippen LogP contribution in [0.5, 0.6) is 0 Å². The second-order valence-electron chi connectivity index (χ2n) is 5.44. The molecule has 0 bridgehead atoms. The van der Waals surface area contributed by atoms with Crippen LogP contribution in [0.3, 0.4) is 0 Å². The molecule has 1 N–H and O–H groups in total. The quantitative estimate of drug-likeness (QED) is 0.682. The molecule has 3 rings (SSSR count). The minimum absolute atomic E-state index is 0. The van der Waals surface area contributed by atoms with Gasteiger partial charge in [0.05, 0.1) is 10.6 Å². The highest BCUT2D eigenvalue weighted by Crippen LogP contribution is 2.25. The fourth-order valence-corrected chi connectivity index (χ4v) is 3.75. The Morgan fingerprint density at radius 1 is 1.29 bits per heavy atom. The van der Waals surface area contributed by atoms with Crippen molar-refractivity contribution in [3.05, 3.63) is 46.8 Å². The molecule has 0 aliphatic rings. The summed E-state index contributed by atoms with van der Waals surface area (Å²) in [6.45, 7) is 0.686. The number of carbonyl (C=O) groups is 1. The van der Waals surface area contributed by atoms with Gasteiger partial charge in [-0.05, 0) is 66.2 Å². The number of hydrogen-bond donors (Lipinski definition) is 1. The van der Waals surface area contributed by atoms with Gasteiger partial charge in [0.2, 0.25) is 5.91 Å². The second kappa shape index (κ2) is 9.34. The van der Waals surface area contributed by atoms with Gasteiger partial charge in [-0.25, -0.2) is 0 Å². The summed E-state index contributed by atoms with van der Waals surface area (Å²) in [5, 5.41) is 8.19. The van der Waals surface area contributed by atoms with Crippen molar-refractivity contribution in [3.8, 4) is 0 Å². The molecule has 0 aliphatic heterocycles. The molecule has 2 aromatic heterocycles. The zero-order chi connectivity index (χ0) is 15.5. The lowest BCUT2D eigenvalue weighted by molar-refractivity contribution is -0.117. The van der Waals surface area contributed by atoms with Crippen molar-refractivity contribution in [2.75, 3.05) is 26.0 Å². The van der Waals surface area contributed by atoms with Crippen LogP contribution in [0.1, 0.15) is 11.5 Å². The third kappa shape index (κ3) is 4.91. The van der Waals surface area contributed by atoms with Crippen molar-refractivity contribution in [1.82, 2.24) is 9.27 Å². The molecule has 1 aromatic carbocycles. The molecule has 0 aliphatic carbocycles. The number of thiophene rings is 1. The topological polar surface area (TPSA) is 45.2 Å². The molecule has 0 spiro atoms. The van der Waals surface area contributed by atoms with E-state index in [-0.39, 0.29) is 36.6 Å². The van der Waals surface area contributed by atoms with Gasteiger partial charge in [0, 0.05) is 23.8 Å². The molecule has 0 saturated carbocycles. The van der Waals surface area contributed by atoms with Gasteiger partial charge in [-0.1, -0.05) is 0 Å². The zero-order valence-corrected chi connectivity index (χ0v) is 16.5. The van der Waals surface area contributed by atoms with E-state index in [0.717, 1.165) is 21.3 Å². The molecule has 0 radical (unpaired) electrons. The maximum absolute atomic E-state index is 12.7. The van der Waals surface area contributed by atoms with Crippen LogP contribution in [0, 0.1) is 0 Å². The van der Waals surface area contributed by atoms with Crippen molar-refractivity contribution in [2.45, 2.75) is 5.92 Å². The SMILES string of the molecule is CN(C)CC(C(=O)Nc1ccc2cnsc2c1)c1ccsc1.Cl.Cl. The van der Waals surface area contributed by atoms with Crippen LogP contribution in [-0.2, 0) is 4.79 Å². The summed E-state index contributed by atoms with van der Waals surface area (Å²) in [5.74, 6) is -0.144. The average Bonchev–Trinajstić information content (AvgIpc) is 3.15. The molecule has 4 nitrogen and oxygen atoms in total. The zero-order valence-electron chi connectivity index (χ0n) is 13.3. The van der Waals surface area contributed by atoms with Gasteiger partial charge in [0.1, 0.15) is 0 Å². The number of carbonyl (C=O) groups excluding carboxylic acids is 1. The highest BCUT2D eigenvalue weighted by molar-refractivity contribution is 7.13. The average molecular weight is 404 g/mol. The van der Waals surface area contributed by atoms with Crippen LogP contribution in [0.2, 0.25) is 0 Å². The Hall–Kier alpha value is -1.18. The standard InChI is InChI=1S/C16H17N3OS2.2ClH/c1-19(2)9-14(12-5-6-21-10-12)16(20)18-13-4-3-11-8-17-22-15(11)7-13;;/h3-8,10,14H,9H2,1-2H3,(H,18,20);2*1H. The molecule has 0 fully saturated rings. The van der Waals surface area contributed by atoms with E-state index in [9.17, 15) is 4.79 Å². The first-order chi connectivity index (χ1) is 10.6. The number of nitrogens with one attached hydrogen (secondary N) is 1. The first kappa shape index (κ1) is 20.9. The molecule has 8 heteroatoms. The lowest BCUT2D eigenvalue weighted by Gasteiger charge is -2.20. The van der Waals surface area contributed by atoms with Crippen LogP contribution >= 0.6 is 47.7 Å². The Kier molecular flexibility index (Phi) is 8.12. The Morgan fingerprint density at radius 3 is 2.75 bits per heavy atom. The number of aromatic nitrogens is 1. The van der Waals surface area contributed by atoms with E-state index in [1.54, 1.807) is 11.3 Å². The lowest BCUT2D eigenvalue weighted by atomic mass is 10.0. The van der Waals surface area contributed by atoms with Gasteiger partial charge in [-0.3, -0.25) is 4.79 Å². The number of amides is 1. The number of halogens is 2. The van der Waals surface area contributed by atoms with E-state index >= 15 is 0 Å². The molecule has 3 aromatic rings. The number of nitrogens with zero attached hydrogens (tertiary/aromatic N) is 2. The normalized spacial score (nSPS) is 11.6. The second-order valence-corrected chi connectivity index (χ2v) is 7.05. The van der Waals surface area contributed by atoms with Crippen LogP contribution in [0.15, 0.2) is 41.2 Å². The van der Waals surface area contributed by atoms with E-state index in [0.29, 0.717) is 6.54 Å². The highest BCUT2D eigenvalue weighted by atomic mass is 35.5. The first-order valence-electron chi connectivity index (χ1n) is 6.95. The highest BCUT2D eigenvalue weighted by Gasteiger charge is 2.22. The van der Waals surface area contributed by atoms with Crippen molar-refractivity contribution in [2.24, 2.45) is 0 Å². The van der Waals surface area contributed by atoms with Crippen LogP contribution in [-0.4, -0.2) is 35.8 Å². The summed E-state index contributed by atoms with van der Waals surface area (Å²) >= 11 is 3.05. The number of hydrogen-bond acceptors (Lipinski definition) is 5. The summed E-state index contributed by atoms with van der Waals surface area (Å²) in [6, 6.07) is 7.91. The molecule has 130 valence electrons. The largest absolute Gasteiger partial charge is 0.325 e. The van der Waals surface area contributed by atoms with Crippen molar-refractivity contribution >= 4 is 69.4 Å². The van der Waals surface area contributed by atoms with Gasteiger partial charge in [-0.2, -0.15) is 15.7 Å². The Morgan fingerprint density at radius 2 is 2.08 bits per heavy atom. The lowest BCUT2D eigenvalue weighted by Crippen LogP contribution is -2.30. The Bertz CT molecular complexity index is 775. The van der Waals surface area contributed by atoms with Gasteiger partial charge >= 0.3 is 0 Å². The number of fused-ring (bicyclic) bond motifs is 1.